The molecule has 1 aliphatic rings. The second-order valence-electron chi connectivity index (χ2n) is 7.89. The van der Waals surface area contributed by atoms with Gasteiger partial charge in [0, 0.05) is 11.4 Å². The molecule has 0 unspecified atom stereocenters. The molecule has 162 valence electrons. The Labute approximate surface area is 191 Å². The number of aromatic nitrogens is 4. The van der Waals surface area contributed by atoms with E-state index in [-0.39, 0.29) is 11.1 Å². The second kappa shape index (κ2) is 8.88. The van der Waals surface area contributed by atoms with E-state index >= 15 is 0 Å². The maximum atomic E-state index is 13.5. The van der Waals surface area contributed by atoms with Gasteiger partial charge in [0.05, 0.1) is 16.7 Å². The largest absolute Gasteiger partial charge is 0.309 e. The van der Waals surface area contributed by atoms with Crippen molar-refractivity contribution >= 4 is 54.9 Å². The fourth-order valence-electron chi connectivity index (χ4n) is 4.19. The van der Waals surface area contributed by atoms with E-state index in [2.05, 4.69) is 16.9 Å². The molecule has 0 saturated carbocycles. The van der Waals surface area contributed by atoms with Crippen LogP contribution >= 0.6 is 34.4 Å². The number of H-pyrrole nitrogens is 1. The van der Waals surface area contributed by atoms with E-state index in [0.717, 1.165) is 59.4 Å². The number of rotatable bonds is 8. The molecule has 5 rings (SSSR count). The number of thiophene rings is 2. The van der Waals surface area contributed by atoms with Crippen molar-refractivity contribution in [3.05, 3.63) is 48.4 Å². The van der Waals surface area contributed by atoms with Gasteiger partial charge in [-0.2, -0.15) is 0 Å². The third-order valence-electron chi connectivity index (χ3n) is 5.73. The molecule has 4 aromatic rings. The third-order valence-corrected chi connectivity index (χ3v) is 8.80. The number of hydrogen-bond acceptors (Lipinski definition) is 7. The van der Waals surface area contributed by atoms with Crippen molar-refractivity contribution in [1.82, 2.24) is 19.5 Å². The summed E-state index contributed by atoms with van der Waals surface area (Å²) in [5.41, 5.74) is 1.94. The molecule has 0 fully saturated rings. The summed E-state index contributed by atoms with van der Waals surface area (Å²) in [6.45, 7) is 2.87. The van der Waals surface area contributed by atoms with Crippen molar-refractivity contribution in [1.29, 1.82) is 0 Å². The number of aromatic amines is 1. The molecule has 0 aromatic carbocycles. The van der Waals surface area contributed by atoms with E-state index in [4.69, 9.17) is 4.98 Å². The van der Waals surface area contributed by atoms with Gasteiger partial charge in [0.2, 0.25) is 0 Å². The normalized spacial score (nSPS) is 13.5. The zero-order valence-electron chi connectivity index (χ0n) is 17.4. The maximum absolute atomic E-state index is 13.5. The Morgan fingerprint density at radius 2 is 2.10 bits per heavy atom. The van der Waals surface area contributed by atoms with Crippen LogP contribution in [0.2, 0.25) is 0 Å². The summed E-state index contributed by atoms with van der Waals surface area (Å²) in [4.78, 5) is 40.3. The first kappa shape index (κ1) is 20.9. The third kappa shape index (κ3) is 3.99. The summed E-state index contributed by atoms with van der Waals surface area (Å²) >= 11 is 4.55. The summed E-state index contributed by atoms with van der Waals surface area (Å²) in [6, 6.07) is 1.87. The summed E-state index contributed by atoms with van der Waals surface area (Å²) in [6.07, 6.45) is 7.59. The number of nitrogens with one attached hydrogen (secondary N) is 1. The number of hydrogen-bond donors (Lipinski definition) is 1. The highest BCUT2D eigenvalue weighted by Gasteiger charge is 2.23. The van der Waals surface area contributed by atoms with Crippen molar-refractivity contribution in [2.45, 2.75) is 69.3 Å². The quantitative estimate of drug-likeness (QED) is 0.219. The Morgan fingerprint density at radius 3 is 2.97 bits per heavy atom. The zero-order valence-corrected chi connectivity index (χ0v) is 19.9. The fourth-order valence-corrected chi connectivity index (χ4v) is 7.11. The van der Waals surface area contributed by atoms with Crippen LogP contribution in [0, 0.1) is 0 Å². The lowest BCUT2D eigenvalue weighted by atomic mass is 10.2. The molecule has 0 atom stereocenters. The van der Waals surface area contributed by atoms with Gasteiger partial charge in [0.25, 0.3) is 11.1 Å². The maximum Gasteiger partial charge on any atom is 0.268 e. The zero-order chi connectivity index (χ0) is 21.4. The van der Waals surface area contributed by atoms with Crippen LogP contribution in [0.3, 0.4) is 0 Å². The first-order valence-electron chi connectivity index (χ1n) is 10.8. The molecule has 4 heterocycles. The molecule has 31 heavy (non-hydrogen) atoms. The predicted octanol–water partition coefficient (Wildman–Crippen LogP) is 5.12. The van der Waals surface area contributed by atoms with Crippen LogP contribution in [0.15, 0.2) is 26.2 Å². The molecule has 0 spiro atoms. The highest BCUT2D eigenvalue weighted by molar-refractivity contribution is 7.98. The number of fused-ring (bicyclic) bond motifs is 4. The lowest BCUT2D eigenvalue weighted by Gasteiger charge is -2.12. The fraction of sp³-hybridized carbons (Fsp3) is 0.455. The monoisotopic (exact) mass is 472 g/mol. The van der Waals surface area contributed by atoms with Crippen molar-refractivity contribution < 1.29 is 0 Å². The van der Waals surface area contributed by atoms with Gasteiger partial charge in [-0.3, -0.25) is 14.2 Å². The van der Waals surface area contributed by atoms with Crippen LogP contribution in [0.5, 0.6) is 0 Å². The van der Waals surface area contributed by atoms with E-state index in [9.17, 15) is 9.59 Å². The summed E-state index contributed by atoms with van der Waals surface area (Å²) in [7, 11) is 0. The van der Waals surface area contributed by atoms with Gasteiger partial charge >= 0.3 is 0 Å². The molecule has 0 bridgehead atoms. The molecule has 0 saturated heterocycles. The topological polar surface area (TPSA) is 80.6 Å². The van der Waals surface area contributed by atoms with Crippen LogP contribution in [0.1, 0.15) is 55.3 Å². The second-order valence-corrected chi connectivity index (χ2v) is 10.8. The first-order chi connectivity index (χ1) is 15.2. The van der Waals surface area contributed by atoms with Gasteiger partial charge in [-0.05, 0) is 42.7 Å². The number of thioether (sulfide) groups is 1. The first-order valence-corrected chi connectivity index (χ1v) is 13.5. The van der Waals surface area contributed by atoms with Crippen molar-refractivity contribution in [2.75, 3.05) is 0 Å². The lowest BCUT2D eigenvalue weighted by molar-refractivity contribution is 0.531. The van der Waals surface area contributed by atoms with Crippen LogP contribution < -0.4 is 11.1 Å². The Balaban J connectivity index is 1.49. The smallest absolute Gasteiger partial charge is 0.268 e. The van der Waals surface area contributed by atoms with Gasteiger partial charge in [-0.15, -0.1) is 22.7 Å². The van der Waals surface area contributed by atoms with Crippen LogP contribution in [-0.2, 0) is 25.1 Å². The van der Waals surface area contributed by atoms with E-state index in [1.807, 2.05) is 16.0 Å². The highest BCUT2D eigenvalue weighted by atomic mass is 32.2. The molecule has 1 N–H and O–H groups in total. The highest BCUT2D eigenvalue weighted by Crippen LogP contribution is 2.36. The van der Waals surface area contributed by atoms with Crippen LogP contribution in [0.4, 0.5) is 0 Å². The Kier molecular flexibility index (Phi) is 5.99. The molecular weight excluding hydrogens is 448 g/mol. The van der Waals surface area contributed by atoms with Gasteiger partial charge in [0.1, 0.15) is 15.4 Å². The number of unbranched alkanes of at least 4 members (excludes halogenated alkanes) is 3. The molecule has 1 aliphatic carbocycles. The molecule has 0 radical (unpaired) electrons. The van der Waals surface area contributed by atoms with E-state index in [0.29, 0.717) is 22.8 Å². The molecule has 0 aliphatic heterocycles. The minimum atomic E-state index is -0.106. The lowest BCUT2D eigenvalue weighted by Crippen LogP contribution is -2.23. The SMILES string of the molecule is CCCCCCn1c(SCc2nc3ccsc3c(=O)[nH]2)nc2sc3c(c2c1=O)CCC3. The standard InChI is InChI=1S/C22H24N4O2S3/c1-2-3-4-5-10-26-21(28)17-13-7-6-8-15(13)31-20(17)25-22(26)30-12-16-23-14-9-11-29-18(14)19(27)24-16/h9,11H,2-8,10,12H2,1H3,(H,23,24,27). The summed E-state index contributed by atoms with van der Waals surface area (Å²) in [5.74, 6) is 1.08. The number of nitrogens with zero attached hydrogens (tertiary/aromatic N) is 3. The summed E-state index contributed by atoms with van der Waals surface area (Å²) < 4.78 is 2.50. The average molecular weight is 473 g/mol. The predicted molar refractivity (Wildman–Crippen MR) is 130 cm³/mol. The molecule has 6 nitrogen and oxygen atoms in total. The average Bonchev–Trinajstić information content (AvgIpc) is 3.47. The van der Waals surface area contributed by atoms with E-state index < -0.39 is 0 Å². The van der Waals surface area contributed by atoms with Gasteiger partial charge in [-0.25, -0.2) is 9.97 Å². The molecule has 0 amide bonds. The van der Waals surface area contributed by atoms with Crippen molar-refractivity contribution in [2.24, 2.45) is 0 Å². The molecule has 4 aromatic heterocycles. The Bertz CT molecular complexity index is 1370. The van der Waals surface area contributed by atoms with Gasteiger partial charge in [-0.1, -0.05) is 37.9 Å². The number of aryl methyl sites for hydroxylation is 2. The van der Waals surface area contributed by atoms with Crippen molar-refractivity contribution in [3.63, 3.8) is 0 Å². The minimum Gasteiger partial charge on any atom is -0.309 e. The Morgan fingerprint density at radius 1 is 1.19 bits per heavy atom. The van der Waals surface area contributed by atoms with Crippen LogP contribution in [-0.4, -0.2) is 19.5 Å². The minimum absolute atomic E-state index is 0.0955. The molecular formula is C22H24N4O2S3. The van der Waals surface area contributed by atoms with E-state index in [1.165, 1.54) is 40.0 Å². The summed E-state index contributed by atoms with van der Waals surface area (Å²) in [5, 5.41) is 3.44. The van der Waals surface area contributed by atoms with Crippen molar-refractivity contribution in [3.8, 4) is 0 Å². The Hall–Kier alpha value is -1.97. The van der Waals surface area contributed by atoms with Gasteiger partial charge < -0.3 is 4.98 Å². The van der Waals surface area contributed by atoms with Gasteiger partial charge in [0.15, 0.2) is 5.16 Å². The molecule has 9 heteroatoms. The van der Waals surface area contributed by atoms with E-state index in [1.54, 1.807) is 11.3 Å². The van der Waals surface area contributed by atoms with Crippen LogP contribution in [0.25, 0.3) is 20.4 Å².